The van der Waals surface area contributed by atoms with Gasteiger partial charge in [0, 0.05) is 30.9 Å². The number of benzene rings is 1. The Hall–Kier alpha value is -4.28. The zero-order valence-electron chi connectivity index (χ0n) is 21.1. The van der Waals surface area contributed by atoms with Crippen molar-refractivity contribution in [2.45, 2.75) is 31.7 Å². The molecule has 0 bridgehead atoms. The number of nitrogens with zero attached hydrogens (tertiary/aromatic N) is 6. The van der Waals surface area contributed by atoms with Crippen molar-refractivity contribution in [1.29, 1.82) is 0 Å². The smallest absolute Gasteiger partial charge is 0.229 e. The van der Waals surface area contributed by atoms with Crippen molar-refractivity contribution >= 4 is 17.5 Å². The molecule has 6 rings (SSSR count). The van der Waals surface area contributed by atoms with E-state index < -0.39 is 17.7 Å². The van der Waals surface area contributed by atoms with Crippen LogP contribution in [0.15, 0.2) is 49.2 Å². The van der Waals surface area contributed by atoms with E-state index >= 15 is 0 Å². The second-order valence-electron chi connectivity index (χ2n) is 9.63. The van der Waals surface area contributed by atoms with Gasteiger partial charge in [-0.3, -0.25) is 4.57 Å². The van der Waals surface area contributed by atoms with Gasteiger partial charge in [-0.1, -0.05) is 25.3 Å². The van der Waals surface area contributed by atoms with Gasteiger partial charge < -0.3 is 19.7 Å². The lowest BCUT2D eigenvalue weighted by atomic mass is 9.82. The number of methoxy groups -OCH3 is 1. The van der Waals surface area contributed by atoms with Crippen LogP contribution in [0.1, 0.15) is 36.6 Å². The number of rotatable bonds is 7. The first kappa shape index (κ1) is 24.1. The number of imidazole rings is 1. The molecule has 1 atom stereocenters. The van der Waals surface area contributed by atoms with Gasteiger partial charge in [0.15, 0.2) is 23.1 Å². The molecular weight excluding hydrogens is 492 g/mol. The summed E-state index contributed by atoms with van der Waals surface area (Å²) < 4.78 is 41.1. The normalized spacial score (nSPS) is 16.9. The average molecular weight is 520 g/mol. The van der Waals surface area contributed by atoms with Crippen LogP contribution >= 0.6 is 0 Å². The number of anilines is 3. The molecule has 38 heavy (non-hydrogen) atoms. The highest BCUT2D eigenvalue weighted by atomic mass is 19.1. The number of fused-ring (bicyclic) bond motifs is 1. The second kappa shape index (κ2) is 9.88. The van der Waals surface area contributed by atoms with Gasteiger partial charge in [-0.2, -0.15) is 4.98 Å². The Labute approximate surface area is 218 Å². The fourth-order valence-electron chi connectivity index (χ4n) is 4.83. The molecule has 1 aliphatic heterocycles. The van der Waals surface area contributed by atoms with Crippen molar-refractivity contribution in [2.24, 2.45) is 5.92 Å². The quantitative estimate of drug-likeness (QED) is 0.365. The predicted octanol–water partition coefficient (Wildman–Crippen LogP) is 5.00. The highest BCUT2D eigenvalue weighted by Gasteiger charge is 2.30. The highest BCUT2D eigenvalue weighted by Crippen LogP contribution is 2.38. The lowest BCUT2D eigenvalue weighted by molar-refractivity contribution is 0.262. The monoisotopic (exact) mass is 519 g/mol. The third-order valence-corrected chi connectivity index (χ3v) is 7.17. The van der Waals surface area contributed by atoms with Crippen LogP contribution in [-0.4, -0.2) is 45.3 Å². The van der Waals surface area contributed by atoms with Gasteiger partial charge in [-0.15, -0.1) is 0 Å². The van der Waals surface area contributed by atoms with Crippen molar-refractivity contribution in [3.05, 3.63) is 72.1 Å². The van der Waals surface area contributed by atoms with Crippen molar-refractivity contribution < 1.29 is 18.3 Å². The molecule has 0 spiro atoms. The summed E-state index contributed by atoms with van der Waals surface area (Å²) in [5, 5.41) is 3.15. The van der Waals surface area contributed by atoms with E-state index in [-0.39, 0.29) is 6.61 Å². The van der Waals surface area contributed by atoms with E-state index in [1.54, 1.807) is 37.8 Å². The molecule has 3 aromatic heterocycles. The number of nitrogens with one attached hydrogen (secondary N) is 1. The third-order valence-electron chi connectivity index (χ3n) is 7.17. The SMILES string of the molecule is COc1cc(Nc2ncc3c(n2)N(C)C(c2ccc(F)cc2F)CO3)cnc1-n1cnc(CC2CCC2)c1. The van der Waals surface area contributed by atoms with E-state index in [0.29, 0.717) is 40.3 Å². The summed E-state index contributed by atoms with van der Waals surface area (Å²) in [6.45, 7) is 0.182. The molecule has 1 fully saturated rings. The Morgan fingerprint density at radius 2 is 1.97 bits per heavy atom. The summed E-state index contributed by atoms with van der Waals surface area (Å²) in [7, 11) is 3.38. The molecule has 0 radical (unpaired) electrons. The number of aromatic nitrogens is 5. The molecule has 196 valence electrons. The minimum Gasteiger partial charge on any atom is -0.493 e. The van der Waals surface area contributed by atoms with Crippen LogP contribution in [0.25, 0.3) is 5.82 Å². The highest BCUT2D eigenvalue weighted by molar-refractivity contribution is 5.62. The van der Waals surface area contributed by atoms with Crippen LogP contribution in [0.2, 0.25) is 0 Å². The Morgan fingerprint density at radius 3 is 2.74 bits per heavy atom. The summed E-state index contributed by atoms with van der Waals surface area (Å²) in [6, 6.07) is 4.87. The molecule has 1 N–H and O–H groups in total. The zero-order chi connectivity index (χ0) is 26.2. The summed E-state index contributed by atoms with van der Waals surface area (Å²) in [4.78, 5) is 19.9. The average Bonchev–Trinajstić information content (AvgIpc) is 3.36. The van der Waals surface area contributed by atoms with Crippen molar-refractivity contribution in [3.8, 4) is 17.3 Å². The van der Waals surface area contributed by atoms with Crippen LogP contribution in [0.5, 0.6) is 11.5 Å². The molecule has 4 heterocycles. The number of pyridine rings is 1. The first-order chi connectivity index (χ1) is 18.5. The molecule has 0 amide bonds. The Bertz CT molecular complexity index is 1470. The molecular formula is C27H27F2N7O2. The van der Waals surface area contributed by atoms with Crippen molar-refractivity contribution in [2.75, 3.05) is 31.0 Å². The summed E-state index contributed by atoms with van der Waals surface area (Å²) in [5.74, 6) is 1.93. The van der Waals surface area contributed by atoms with Crippen LogP contribution in [0.3, 0.4) is 0 Å². The Kier molecular flexibility index (Phi) is 6.26. The minimum absolute atomic E-state index is 0.182. The molecule has 4 aromatic rings. The molecule has 11 heteroatoms. The van der Waals surface area contributed by atoms with E-state index in [0.717, 1.165) is 24.1 Å². The topological polar surface area (TPSA) is 90.2 Å². The molecule has 0 saturated heterocycles. The number of hydrogen-bond donors (Lipinski definition) is 1. The van der Waals surface area contributed by atoms with Gasteiger partial charge >= 0.3 is 0 Å². The van der Waals surface area contributed by atoms with E-state index in [1.807, 2.05) is 16.8 Å². The van der Waals surface area contributed by atoms with Gasteiger partial charge in [-0.05, 0) is 18.4 Å². The first-order valence-electron chi connectivity index (χ1n) is 12.5. The first-order valence-corrected chi connectivity index (χ1v) is 12.5. The Balaban J connectivity index is 1.21. The summed E-state index contributed by atoms with van der Waals surface area (Å²) >= 11 is 0. The zero-order valence-corrected chi connectivity index (χ0v) is 21.1. The predicted molar refractivity (Wildman–Crippen MR) is 137 cm³/mol. The van der Waals surface area contributed by atoms with Gasteiger partial charge in [0.2, 0.25) is 5.95 Å². The van der Waals surface area contributed by atoms with Gasteiger partial charge in [0.1, 0.15) is 24.6 Å². The fraction of sp³-hybridized carbons (Fsp3) is 0.333. The van der Waals surface area contributed by atoms with Gasteiger partial charge in [-0.25, -0.2) is 23.7 Å². The van der Waals surface area contributed by atoms with E-state index in [2.05, 4.69) is 25.3 Å². The summed E-state index contributed by atoms with van der Waals surface area (Å²) in [5.41, 5.74) is 2.00. The van der Waals surface area contributed by atoms with E-state index in [1.165, 1.54) is 31.4 Å². The van der Waals surface area contributed by atoms with Crippen LogP contribution in [0.4, 0.5) is 26.2 Å². The largest absolute Gasteiger partial charge is 0.493 e. The van der Waals surface area contributed by atoms with Crippen LogP contribution < -0.4 is 19.7 Å². The second-order valence-corrected chi connectivity index (χ2v) is 9.63. The van der Waals surface area contributed by atoms with Gasteiger partial charge in [0.05, 0.1) is 36.9 Å². The maximum atomic E-state index is 14.5. The van der Waals surface area contributed by atoms with E-state index in [9.17, 15) is 8.78 Å². The molecule has 1 unspecified atom stereocenters. The number of halogens is 2. The maximum absolute atomic E-state index is 14.5. The maximum Gasteiger partial charge on any atom is 0.229 e. The fourth-order valence-corrected chi connectivity index (χ4v) is 4.83. The Morgan fingerprint density at radius 1 is 1.11 bits per heavy atom. The summed E-state index contributed by atoms with van der Waals surface area (Å²) in [6.07, 6.45) is 11.8. The molecule has 2 aliphatic rings. The molecule has 9 nitrogen and oxygen atoms in total. The van der Waals surface area contributed by atoms with Crippen LogP contribution in [-0.2, 0) is 6.42 Å². The molecule has 1 saturated carbocycles. The number of likely N-dealkylation sites (N-methyl/N-ethyl adjacent to an activating group) is 1. The van der Waals surface area contributed by atoms with Crippen LogP contribution in [0, 0.1) is 17.6 Å². The minimum atomic E-state index is -0.632. The number of hydrogen-bond acceptors (Lipinski definition) is 8. The van der Waals surface area contributed by atoms with E-state index in [4.69, 9.17) is 9.47 Å². The third kappa shape index (κ3) is 4.59. The lowest BCUT2D eigenvalue weighted by Crippen LogP contribution is -2.35. The van der Waals surface area contributed by atoms with Crippen molar-refractivity contribution in [3.63, 3.8) is 0 Å². The van der Waals surface area contributed by atoms with Crippen molar-refractivity contribution in [1.82, 2.24) is 24.5 Å². The number of ether oxygens (including phenoxy) is 2. The van der Waals surface area contributed by atoms with Gasteiger partial charge in [0.25, 0.3) is 0 Å². The molecule has 1 aromatic carbocycles. The molecule has 1 aliphatic carbocycles. The standard InChI is InChI=1S/C27H27F2N7O2/c1-35-22(20-7-6-17(28)9-21(20)29)14-38-24-12-31-27(34-26(24)35)33-18-10-23(37-2)25(30-11-18)36-13-19(32-15-36)8-16-4-3-5-16/h6-7,9-13,15-16,22H,3-5,8,14H2,1-2H3,(H,31,33,34). The lowest BCUT2D eigenvalue weighted by Gasteiger charge is -2.35.